The highest BCUT2D eigenvalue weighted by Crippen LogP contribution is 2.47. The van der Waals surface area contributed by atoms with Gasteiger partial charge in [-0.1, -0.05) is 4.49 Å². The van der Waals surface area contributed by atoms with Crippen LogP contribution in [-0.2, 0) is 15.3 Å². The zero-order valence-corrected chi connectivity index (χ0v) is 12.7. The van der Waals surface area contributed by atoms with E-state index in [1.165, 1.54) is 35.1 Å². The molecule has 20 heavy (non-hydrogen) atoms. The lowest BCUT2D eigenvalue weighted by Gasteiger charge is -2.52. The van der Waals surface area contributed by atoms with Crippen molar-refractivity contribution in [2.45, 2.75) is 27.7 Å². The number of hydrogen-bond acceptors (Lipinski definition) is 8. The van der Waals surface area contributed by atoms with Crippen molar-refractivity contribution >= 4 is 46.9 Å². The summed E-state index contributed by atoms with van der Waals surface area (Å²) in [5.74, 6) is -0.566. The first-order valence-electron chi connectivity index (χ1n) is 5.87. The van der Waals surface area contributed by atoms with Crippen LogP contribution >= 0.6 is 35.1 Å². The molecule has 3 atom stereocenters. The van der Waals surface area contributed by atoms with Gasteiger partial charge in [-0.25, -0.2) is 0 Å². The third kappa shape index (κ3) is 2.20. The fourth-order valence-corrected chi connectivity index (χ4v) is 5.49. The molecule has 0 aromatic carbocycles. The van der Waals surface area contributed by atoms with Crippen molar-refractivity contribution in [2.24, 2.45) is 5.73 Å². The predicted molar refractivity (Wildman–Crippen MR) is 77.3 cm³/mol. The first-order valence-corrected chi connectivity index (χ1v) is 8.63. The minimum absolute atomic E-state index is 0.00375. The Morgan fingerprint density at radius 3 is 3.10 bits per heavy atom. The molecule has 2 saturated heterocycles. The van der Waals surface area contributed by atoms with Crippen molar-refractivity contribution in [1.29, 1.82) is 0 Å². The van der Waals surface area contributed by atoms with E-state index in [0.29, 0.717) is 12.2 Å². The number of carbonyl (C=O) groups excluding carboxylic acids is 1. The molecule has 1 aromatic heterocycles. The van der Waals surface area contributed by atoms with Gasteiger partial charge in [-0.15, -0.1) is 28.6 Å². The predicted octanol–water partition coefficient (Wildman–Crippen LogP) is 0.185. The van der Waals surface area contributed by atoms with Gasteiger partial charge in [-0.2, -0.15) is 0 Å². The van der Waals surface area contributed by atoms with E-state index >= 15 is 0 Å². The first-order chi connectivity index (χ1) is 9.53. The molecular weight excluding hydrogens is 320 g/mol. The molecule has 1 amide bonds. The lowest BCUT2D eigenvalue weighted by Crippen LogP contribution is -2.68. The number of rotatable bonds is 4. The fourth-order valence-electron chi connectivity index (χ4n) is 2.19. The van der Waals surface area contributed by atoms with E-state index < -0.39 is 16.1 Å². The highest BCUT2D eigenvalue weighted by atomic mass is 32.2. The van der Waals surface area contributed by atoms with Gasteiger partial charge in [-0.3, -0.25) is 9.59 Å². The molecule has 108 valence electrons. The smallest absolute Gasteiger partial charge is 0.324 e. The topological polar surface area (TPSA) is 109 Å². The Hall–Kier alpha value is -0.840. The number of aromatic nitrogens is 2. The number of β-lactam (4-membered cyclic amide) rings is 1. The Morgan fingerprint density at radius 1 is 1.70 bits per heavy atom. The maximum Gasteiger partial charge on any atom is 0.324 e. The van der Waals surface area contributed by atoms with Crippen LogP contribution in [0.3, 0.4) is 0 Å². The van der Waals surface area contributed by atoms with Crippen molar-refractivity contribution in [3.8, 4) is 0 Å². The normalized spacial score (nSPS) is 32.6. The Balaban J connectivity index is 1.79. The van der Waals surface area contributed by atoms with Crippen LogP contribution < -0.4 is 5.73 Å². The van der Waals surface area contributed by atoms with E-state index in [1.54, 1.807) is 10.3 Å². The molecule has 0 saturated carbocycles. The third-order valence-corrected chi connectivity index (χ3v) is 7.08. The van der Waals surface area contributed by atoms with Gasteiger partial charge in [0.2, 0.25) is 5.91 Å². The van der Waals surface area contributed by atoms with Crippen molar-refractivity contribution in [3.63, 3.8) is 0 Å². The number of aliphatic carboxylic acids is 1. The van der Waals surface area contributed by atoms with Crippen LogP contribution in [-0.4, -0.2) is 53.5 Å². The van der Waals surface area contributed by atoms with Crippen LogP contribution in [0.5, 0.6) is 0 Å². The van der Waals surface area contributed by atoms with Crippen molar-refractivity contribution in [2.75, 3.05) is 6.54 Å². The summed E-state index contributed by atoms with van der Waals surface area (Å²) in [5, 5.41) is 14.8. The Morgan fingerprint density at radius 2 is 2.50 bits per heavy atom. The van der Waals surface area contributed by atoms with Crippen molar-refractivity contribution < 1.29 is 14.7 Å². The van der Waals surface area contributed by atoms with Gasteiger partial charge in [0, 0.05) is 17.7 Å². The summed E-state index contributed by atoms with van der Waals surface area (Å²) in [5.41, 5.74) is 6.81. The molecule has 3 N–H and O–H groups in total. The summed E-state index contributed by atoms with van der Waals surface area (Å²) in [6.45, 7) is 0.155. The zero-order chi connectivity index (χ0) is 14.3. The summed E-state index contributed by atoms with van der Waals surface area (Å²) >= 11 is 3.81. The highest BCUT2D eigenvalue weighted by molar-refractivity contribution is 8.05. The molecule has 3 rings (SSSR count). The molecule has 2 aliphatic heterocycles. The molecule has 3 heterocycles. The standard InChI is InChI=1S/C10H12N4O3S3/c11-8-10(9(16)17,18-2-5-3-19-13-12-5)4-14-6(15)1-7(14)20-8/h3,7-8H,1-2,4,11H2,(H,16,17)/t7-,8?,10?/m1/s1. The third-order valence-electron chi connectivity index (χ3n) is 3.43. The van der Waals surface area contributed by atoms with Gasteiger partial charge in [0.25, 0.3) is 0 Å². The van der Waals surface area contributed by atoms with Gasteiger partial charge in [0.15, 0.2) is 4.75 Å². The molecular formula is C10H12N4O3S3. The number of nitrogens with zero attached hydrogens (tertiary/aromatic N) is 3. The van der Waals surface area contributed by atoms with Gasteiger partial charge in [-0.05, 0) is 11.5 Å². The first kappa shape index (κ1) is 14.1. The largest absolute Gasteiger partial charge is 0.480 e. The van der Waals surface area contributed by atoms with Crippen LogP contribution in [0.2, 0.25) is 0 Å². The van der Waals surface area contributed by atoms with E-state index in [1.807, 2.05) is 0 Å². The number of carboxylic acids is 1. The van der Waals surface area contributed by atoms with Crippen molar-refractivity contribution in [1.82, 2.24) is 14.5 Å². The van der Waals surface area contributed by atoms with E-state index in [9.17, 15) is 14.7 Å². The fraction of sp³-hybridized carbons (Fsp3) is 0.600. The second-order valence-corrected chi connectivity index (χ2v) is 7.86. The van der Waals surface area contributed by atoms with Gasteiger partial charge in [0.05, 0.1) is 22.9 Å². The highest BCUT2D eigenvalue weighted by Gasteiger charge is 2.56. The lowest BCUT2D eigenvalue weighted by atomic mass is 10.0. The summed E-state index contributed by atoms with van der Waals surface area (Å²) < 4.78 is 2.56. The Kier molecular flexibility index (Phi) is 3.65. The van der Waals surface area contributed by atoms with E-state index in [4.69, 9.17) is 5.73 Å². The molecule has 0 spiro atoms. The molecule has 1 aromatic rings. The van der Waals surface area contributed by atoms with E-state index in [0.717, 1.165) is 5.69 Å². The number of hydrogen-bond donors (Lipinski definition) is 2. The maximum absolute atomic E-state index is 11.7. The number of fused-ring (bicyclic) bond motifs is 1. The maximum atomic E-state index is 11.7. The molecule has 0 aliphatic carbocycles. The summed E-state index contributed by atoms with van der Waals surface area (Å²) in [6, 6.07) is 0. The second kappa shape index (κ2) is 5.17. The average Bonchev–Trinajstić information content (AvgIpc) is 2.90. The molecule has 10 heteroatoms. The monoisotopic (exact) mass is 332 g/mol. The molecule has 0 bridgehead atoms. The number of amides is 1. The zero-order valence-electron chi connectivity index (χ0n) is 10.3. The SMILES string of the molecule is NC1S[C@@H]2CC(=O)N2CC1(SCc1csnn1)C(=O)O. The van der Waals surface area contributed by atoms with Gasteiger partial charge in [0.1, 0.15) is 0 Å². The number of carboxylic acid groups (broad SMARTS) is 1. The van der Waals surface area contributed by atoms with Gasteiger partial charge >= 0.3 is 5.97 Å². The van der Waals surface area contributed by atoms with Crippen LogP contribution in [0, 0.1) is 0 Å². The summed E-state index contributed by atoms with van der Waals surface area (Å²) in [7, 11) is 0. The Labute approximate surface area is 127 Å². The van der Waals surface area contributed by atoms with Crippen LogP contribution in [0.15, 0.2) is 5.38 Å². The number of carbonyl (C=O) groups is 2. The van der Waals surface area contributed by atoms with Crippen LogP contribution in [0.4, 0.5) is 0 Å². The Bertz CT molecular complexity index is 540. The van der Waals surface area contributed by atoms with Crippen molar-refractivity contribution in [3.05, 3.63) is 11.1 Å². The second-order valence-electron chi connectivity index (χ2n) is 4.62. The summed E-state index contributed by atoms with van der Waals surface area (Å²) in [6.07, 6.45) is 0.453. The van der Waals surface area contributed by atoms with Crippen LogP contribution in [0.25, 0.3) is 0 Å². The molecule has 7 nitrogen and oxygen atoms in total. The molecule has 0 radical (unpaired) electrons. The van der Waals surface area contributed by atoms with E-state index in [-0.39, 0.29) is 17.8 Å². The van der Waals surface area contributed by atoms with Gasteiger partial charge < -0.3 is 15.7 Å². The van der Waals surface area contributed by atoms with E-state index in [2.05, 4.69) is 9.59 Å². The molecule has 2 unspecified atom stereocenters. The minimum Gasteiger partial charge on any atom is -0.480 e. The number of nitrogens with two attached hydrogens (primary N) is 1. The molecule has 2 aliphatic rings. The number of thioether (sulfide) groups is 2. The lowest BCUT2D eigenvalue weighted by molar-refractivity contribution is -0.147. The quantitative estimate of drug-likeness (QED) is 0.752. The minimum atomic E-state index is -1.19. The molecule has 2 fully saturated rings. The summed E-state index contributed by atoms with van der Waals surface area (Å²) in [4.78, 5) is 24.9. The average molecular weight is 332 g/mol. The van der Waals surface area contributed by atoms with Crippen LogP contribution in [0.1, 0.15) is 12.1 Å².